The maximum Gasteiger partial charge on any atom is 0.323 e. The predicted octanol–water partition coefficient (Wildman–Crippen LogP) is 5.16. The largest absolute Gasteiger partial charge is 0.465 e. The van der Waals surface area contributed by atoms with Crippen LogP contribution < -0.4 is 5.73 Å². The highest BCUT2D eigenvalue weighted by Crippen LogP contribution is 2.17. The Bertz CT molecular complexity index is 462. The van der Waals surface area contributed by atoms with E-state index in [0.717, 1.165) is 24.5 Å². The minimum atomic E-state index is -0.616. The fraction of sp³-hybridized carbons (Fsp3) is 0.818. The van der Waals surface area contributed by atoms with Gasteiger partial charge in [0.15, 0.2) is 0 Å². The van der Waals surface area contributed by atoms with Gasteiger partial charge in [0.2, 0.25) is 0 Å². The number of nitrogens with two attached hydrogens (primary N) is 1. The third kappa shape index (κ3) is 12.6. The first-order valence-electron chi connectivity index (χ1n) is 11.0. The predicted molar refractivity (Wildman–Crippen MR) is 111 cm³/mol. The number of esters is 1. The summed E-state index contributed by atoms with van der Waals surface area (Å²) in [6.45, 7) is 5.15. The van der Waals surface area contributed by atoms with Gasteiger partial charge in [-0.25, -0.2) is 4.98 Å². The average Bonchev–Trinajstić information content (AvgIpc) is 3.17. The van der Waals surface area contributed by atoms with E-state index in [1.165, 1.54) is 64.2 Å². The third-order valence-corrected chi connectivity index (χ3v) is 5.18. The molecule has 27 heavy (non-hydrogen) atoms. The number of aromatic nitrogens is 2. The van der Waals surface area contributed by atoms with Crippen molar-refractivity contribution in [1.29, 1.82) is 0 Å². The molecule has 0 saturated carbocycles. The number of carbonyl (C=O) groups excluding carboxylic acids is 1. The quantitative estimate of drug-likeness (QED) is 0.289. The SMILES string of the molecule is CCCCC(C)CCCCCCCCCCOC(=O)[C@@H](N)Cc1cnc[nH]1. The van der Waals surface area contributed by atoms with E-state index >= 15 is 0 Å². The van der Waals surface area contributed by atoms with Crippen LogP contribution in [0.25, 0.3) is 0 Å². The standard InChI is InChI=1S/C22H41N3O2/c1-3-4-13-19(2)14-11-9-7-5-6-8-10-12-15-27-22(26)21(23)16-20-17-24-18-25-20/h17-19,21H,3-16,23H2,1-2H3,(H,24,25)/t19?,21-/m0/s1. The first-order valence-corrected chi connectivity index (χ1v) is 11.0. The summed E-state index contributed by atoms with van der Waals surface area (Å²) in [5.41, 5.74) is 6.71. The molecule has 3 N–H and O–H groups in total. The van der Waals surface area contributed by atoms with Crippen molar-refractivity contribution in [3.05, 3.63) is 18.2 Å². The van der Waals surface area contributed by atoms with Crippen molar-refractivity contribution < 1.29 is 9.53 Å². The Morgan fingerprint density at radius 2 is 1.70 bits per heavy atom. The van der Waals surface area contributed by atoms with Crippen molar-refractivity contribution in [3.8, 4) is 0 Å². The molecule has 0 spiro atoms. The van der Waals surface area contributed by atoms with Crippen molar-refractivity contribution in [2.45, 2.75) is 103 Å². The summed E-state index contributed by atoms with van der Waals surface area (Å²) in [4.78, 5) is 18.7. The number of hydrogen-bond donors (Lipinski definition) is 2. The zero-order chi connectivity index (χ0) is 19.7. The molecule has 1 rings (SSSR count). The molecule has 0 bridgehead atoms. The lowest BCUT2D eigenvalue weighted by atomic mass is 9.97. The molecule has 1 heterocycles. The van der Waals surface area contributed by atoms with Crippen LogP contribution in [0.5, 0.6) is 0 Å². The second-order valence-electron chi connectivity index (χ2n) is 7.92. The van der Waals surface area contributed by atoms with Crippen LogP contribution in [0, 0.1) is 5.92 Å². The summed E-state index contributed by atoms with van der Waals surface area (Å²) in [7, 11) is 0. The monoisotopic (exact) mass is 379 g/mol. The lowest BCUT2D eigenvalue weighted by Crippen LogP contribution is -2.34. The molecule has 0 fully saturated rings. The van der Waals surface area contributed by atoms with E-state index in [2.05, 4.69) is 23.8 Å². The van der Waals surface area contributed by atoms with Crippen LogP contribution in [0.2, 0.25) is 0 Å². The molecule has 0 amide bonds. The molecule has 0 aromatic carbocycles. The van der Waals surface area contributed by atoms with E-state index in [0.29, 0.717) is 13.0 Å². The summed E-state index contributed by atoms with van der Waals surface area (Å²) >= 11 is 0. The van der Waals surface area contributed by atoms with Gasteiger partial charge in [0.1, 0.15) is 6.04 Å². The number of hydrogen-bond acceptors (Lipinski definition) is 4. The third-order valence-electron chi connectivity index (χ3n) is 5.18. The Labute approximate surface area is 165 Å². The Morgan fingerprint density at radius 1 is 1.07 bits per heavy atom. The van der Waals surface area contributed by atoms with Gasteiger partial charge in [-0.15, -0.1) is 0 Å². The van der Waals surface area contributed by atoms with E-state index in [1.807, 2.05) is 0 Å². The molecule has 1 aromatic rings. The van der Waals surface area contributed by atoms with Gasteiger partial charge in [-0.2, -0.15) is 0 Å². The topological polar surface area (TPSA) is 81.0 Å². The zero-order valence-electron chi connectivity index (χ0n) is 17.5. The van der Waals surface area contributed by atoms with Crippen molar-refractivity contribution in [3.63, 3.8) is 0 Å². The Kier molecular flexibility index (Phi) is 13.7. The fourth-order valence-corrected chi connectivity index (χ4v) is 3.35. The van der Waals surface area contributed by atoms with E-state index in [4.69, 9.17) is 10.5 Å². The number of aromatic amines is 1. The molecule has 5 heteroatoms. The maximum atomic E-state index is 11.8. The first-order chi connectivity index (χ1) is 13.1. The van der Waals surface area contributed by atoms with Gasteiger partial charge in [0, 0.05) is 18.3 Å². The average molecular weight is 380 g/mol. The van der Waals surface area contributed by atoms with E-state index < -0.39 is 6.04 Å². The summed E-state index contributed by atoms with van der Waals surface area (Å²) in [5, 5.41) is 0. The van der Waals surface area contributed by atoms with Crippen LogP contribution >= 0.6 is 0 Å². The number of carbonyl (C=O) groups is 1. The lowest BCUT2D eigenvalue weighted by molar-refractivity contribution is -0.145. The molecule has 0 aliphatic heterocycles. The highest BCUT2D eigenvalue weighted by atomic mass is 16.5. The van der Waals surface area contributed by atoms with Crippen molar-refractivity contribution in [1.82, 2.24) is 9.97 Å². The smallest absolute Gasteiger partial charge is 0.323 e. The molecule has 0 aliphatic carbocycles. The van der Waals surface area contributed by atoms with Gasteiger partial charge >= 0.3 is 5.97 Å². The van der Waals surface area contributed by atoms with Crippen LogP contribution in [0.3, 0.4) is 0 Å². The summed E-state index contributed by atoms with van der Waals surface area (Å²) in [5.74, 6) is 0.582. The van der Waals surface area contributed by atoms with Gasteiger partial charge in [-0.1, -0.05) is 84.5 Å². The van der Waals surface area contributed by atoms with Crippen molar-refractivity contribution in [2.24, 2.45) is 11.7 Å². The molecule has 0 aliphatic rings. The molecular weight excluding hydrogens is 338 g/mol. The summed E-state index contributed by atoms with van der Waals surface area (Å²) in [6, 6.07) is -0.616. The molecule has 1 aromatic heterocycles. The second-order valence-corrected chi connectivity index (χ2v) is 7.92. The number of nitrogens with zero attached hydrogens (tertiary/aromatic N) is 1. The number of unbranched alkanes of at least 4 members (excludes halogenated alkanes) is 8. The first kappa shape index (κ1) is 23.7. The van der Waals surface area contributed by atoms with Gasteiger partial charge in [0.05, 0.1) is 12.9 Å². The van der Waals surface area contributed by atoms with Crippen LogP contribution in [0.15, 0.2) is 12.5 Å². The van der Waals surface area contributed by atoms with Gasteiger partial charge in [-0.3, -0.25) is 4.79 Å². The van der Waals surface area contributed by atoms with Crippen LogP contribution in [0.4, 0.5) is 0 Å². The van der Waals surface area contributed by atoms with Crippen molar-refractivity contribution in [2.75, 3.05) is 6.61 Å². The number of nitrogens with one attached hydrogen (secondary N) is 1. The minimum Gasteiger partial charge on any atom is -0.465 e. The number of ether oxygens (including phenoxy) is 1. The van der Waals surface area contributed by atoms with Gasteiger partial charge < -0.3 is 15.5 Å². The second kappa shape index (κ2) is 15.7. The van der Waals surface area contributed by atoms with Gasteiger partial charge in [0.25, 0.3) is 0 Å². The highest BCUT2D eigenvalue weighted by molar-refractivity contribution is 5.75. The molecule has 1 unspecified atom stereocenters. The molecule has 156 valence electrons. The van der Waals surface area contributed by atoms with Crippen LogP contribution in [-0.2, 0) is 16.0 Å². The van der Waals surface area contributed by atoms with Crippen LogP contribution in [0.1, 0.15) is 96.6 Å². The summed E-state index contributed by atoms with van der Waals surface area (Å²) in [6.07, 6.45) is 19.2. The normalized spacial score (nSPS) is 13.4. The van der Waals surface area contributed by atoms with Gasteiger partial charge in [-0.05, 0) is 12.3 Å². The number of rotatable bonds is 17. The molecular formula is C22H41N3O2. The van der Waals surface area contributed by atoms with E-state index in [9.17, 15) is 4.79 Å². The molecule has 0 radical (unpaired) electrons. The van der Waals surface area contributed by atoms with Crippen LogP contribution in [-0.4, -0.2) is 28.6 Å². The fourth-order valence-electron chi connectivity index (χ4n) is 3.35. The Balaban J connectivity index is 1.85. The maximum absolute atomic E-state index is 11.8. The lowest BCUT2D eigenvalue weighted by Gasteiger charge is -2.11. The van der Waals surface area contributed by atoms with Crippen molar-refractivity contribution >= 4 is 5.97 Å². The van der Waals surface area contributed by atoms with E-state index in [1.54, 1.807) is 12.5 Å². The Morgan fingerprint density at radius 3 is 2.33 bits per heavy atom. The molecule has 2 atom stereocenters. The summed E-state index contributed by atoms with van der Waals surface area (Å²) < 4.78 is 5.26. The number of imidazole rings is 1. The zero-order valence-corrected chi connectivity index (χ0v) is 17.5. The Hall–Kier alpha value is -1.36. The highest BCUT2D eigenvalue weighted by Gasteiger charge is 2.16. The number of H-pyrrole nitrogens is 1. The molecule has 0 saturated heterocycles. The minimum absolute atomic E-state index is 0.322. The van der Waals surface area contributed by atoms with E-state index in [-0.39, 0.29) is 5.97 Å². The molecule has 5 nitrogen and oxygen atoms in total.